The molecule has 178 valence electrons. The summed E-state index contributed by atoms with van der Waals surface area (Å²) in [7, 11) is -5.92. The first-order valence-corrected chi connectivity index (χ1v) is 11.9. The Bertz CT molecular complexity index is 1270. The smallest absolute Gasteiger partial charge is 0.402 e. The van der Waals surface area contributed by atoms with Gasteiger partial charge in [-0.05, 0) is 75.9 Å². The number of aromatic hydroxyl groups is 1. The zero-order chi connectivity index (χ0) is 25.3. The van der Waals surface area contributed by atoms with Gasteiger partial charge >= 0.3 is 33.0 Å². The number of carbonyl (C=O) groups is 2. The fourth-order valence-corrected chi connectivity index (χ4v) is 4.37. The van der Waals surface area contributed by atoms with Gasteiger partial charge in [-0.1, -0.05) is 6.07 Å². The minimum Gasteiger partial charge on any atom is -0.506 e. The number of aryl methyl sites for hydroxylation is 1. The molecule has 0 fully saturated rings. The summed E-state index contributed by atoms with van der Waals surface area (Å²) in [6.45, 7) is -0.838. The number of alkyl halides is 2. The second-order valence-electron chi connectivity index (χ2n) is 6.23. The van der Waals surface area contributed by atoms with Crippen LogP contribution in [0.2, 0.25) is 0 Å². The van der Waals surface area contributed by atoms with Crippen LogP contribution in [0.1, 0.15) is 26.3 Å². The summed E-state index contributed by atoms with van der Waals surface area (Å²) in [4.78, 5) is 35.3. The standard InChI is InChI=1S/C17H11F2I2NO10S/c1-7-2-3-9(15(24)31-6-17(18,19)33(28,29)30)12(22(26)27)14(7)32-16(25)10-4-8(20)5-11(21)13(10)23/h2-5,23H,6H2,1H3,(H,28,29,30). The Labute approximate surface area is 211 Å². The zero-order valence-electron chi connectivity index (χ0n) is 16.0. The molecule has 2 aromatic carbocycles. The van der Waals surface area contributed by atoms with Crippen LogP contribution in [0.4, 0.5) is 14.5 Å². The number of phenolic OH excluding ortho intramolecular Hbond substituents is 1. The van der Waals surface area contributed by atoms with Crippen molar-refractivity contribution in [2.45, 2.75) is 12.2 Å². The molecule has 2 N–H and O–H groups in total. The highest BCUT2D eigenvalue weighted by atomic mass is 127. The van der Waals surface area contributed by atoms with E-state index in [4.69, 9.17) is 9.29 Å². The summed E-state index contributed by atoms with van der Waals surface area (Å²) < 4.78 is 66.4. The van der Waals surface area contributed by atoms with E-state index in [1.807, 2.05) is 22.6 Å². The van der Waals surface area contributed by atoms with E-state index in [1.165, 1.54) is 13.0 Å². The Morgan fingerprint density at radius 1 is 1.18 bits per heavy atom. The second kappa shape index (κ2) is 9.97. The van der Waals surface area contributed by atoms with Crippen molar-refractivity contribution in [3.63, 3.8) is 0 Å². The Hall–Kier alpha value is -2.19. The first-order valence-electron chi connectivity index (χ1n) is 8.27. The van der Waals surface area contributed by atoms with Crippen molar-refractivity contribution in [2.75, 3.05) is 6.61 Å². The molecule has 0 amide bonds. The predicted octanol–water partition coefficient (Wildman–Crippen LogP) is 3.67. The summed E-state index contributed by atoms with van der Waals surface area (Å²) in [5, 5.41) is 16.9. The van der Waals surface area contributed by atoms with E-state index in [1.54, 1.807) is 28.7 Å². The van der Waals surface area contributed by atoms with Crippen molar-refractivity contribution < 1.29 is 50.8 Å². The van der Waals surface area contributed by atoms with Gasteiger partial charge in [0.1, 0.15) is 16.9 Å². The molecule has 0 aromatic heterocycles. The van der Waals surface area contributed by atoms with Crippen LogP contribution < -0.4 is 4.74 Å². The van der Waals surface area contributed by atoms with Crippen LogP contribution in [0.25, 0.3) is 0 Å². The fraction of sp³-hybridized carbons (Fsp3) is 0.176. The largest absolute Gasteiger partial charge is 0.506 e. The molecule has 11 nitrogen and oxygen atoms in total. The number of halogens is 4. The van der Waals surface area contributed by atoms with Gasteiger partial charge in [-0.25, -0.2) is 9.59 Å². The highest BCUT2D eigenvalue weighted by Crippen LogP contribution is 2.37. The molecule has 0 spiro atoms. The number of hydrogen-bond donors (Lipinski definition) is 2. The van der Waals surface area contributed by atoms with Crippen LogP contribution in [-0.2, 0) is 14.9 Å². The molecule has 0 radical (unpaired) electrons. The van der Waals surface area contributed by atoms with Crippen LogP contribution >= 0.6 is 45.2 Å². The molecule has 0 atom stereocenters. The number of rotatable bonds is 7. The number of nitro groups is 1. The van der Waals surface area contributed by atoms with Gasteiger partial charge in [0.05, 0.1) is 8.49 Å². The summed E-state index contributed by atoms with van der Waals surface area (Å²) in [6, 6.07) is 4.70. The maximum Gasteiger partial charge on any atom is 0.402 e. The normalized spacial score (nSPS) is 11.7. The van der Waals surface area contributed by atoms with E-state index in [9.17, 15) is 42.0 Å². The number of nitrogens with zero attached hydrogens (tertiary/aromatic N) is 1. The Balaban J connectivity index is 2.48. The number of esters is 2. The molecule has 0 aliphatic heterocycles. The predicted molar refractivity (Wildman–Crippen MR) is 123 cm³/mol. The van der Waals surface area contributed by atoms with Crippen LogP contribution in [0, 0.1) is 24.2 Å². The highest BCUT2D eigenvalue weighted by molar-refractivity contribution is 14.1. The molecule has 16 heteroatoms. The number of hydrogen-bond acceptors (Lipinski definition) is 9. The zero-order valence-corrected chi connectivity index (χ0v) is 21.2. The van der Waals surface area contributed by atoms with Gasteiger partial charge in [-0.2, -0.15) is 17.2 Å². The lowest BCUT2D eigenvalue weighted by molar-refractivity contribution is -0.386. The van der Waals surface area contributed by atoms with Gasteiger partial charge in [0.2, 0.25) is 5.75 Å². The van der Waals surface area contributed by atoms with E-state index in [0.29, 0.717) is 3.57 Å². The topological polar surface area (TPSA) is 170 Å². The van der Waals surface area contributed by atoms with E-state index < -0.39 is 61.6 Å². The SMILES string of the molecule is Cc1ccc(C(=O)OCC(F)(F)S(=O)(=O)O)c([N+](=O)[O-])c1OC(=O)c1cc(I)cc(I)c1O. The number of nitro benzene ring substituents is 1. The number of carbonyl (C=O) groups excluding carboxylic acids is 2. The highest BCUT2D eigenvalue weighted by Gasteiger charge is 2.46. The van der Waals surface area contributed by atoms with Gasteiger partial charge in [0, 0.05) is 3.57 Å². The molecule has 0 bridgehead atoms. The van der Waals surface area contributed by atoms with Crippen molar-refractivity contribution in [1.82, 2.24) is 0 Å². The number of benzene rings is 2. The molecule has 0 unspecified atom stereocenters. The molecular weight excluding hydrogens is 702 g/mol. The Kier molecular flexibility index (Phi) is 8.18. The molecular formula is C17H11F2I2NO10S. The third-order valence-electron chi connectivity index (χ3n) is 3.92. The van der Waals surface area contributed by atoms with Crippen LogP contribution in [0.3, 0.4) is 0 Å². The van der Waals surface area contributed by atoms with Crippen molar-refractivity contribution in [1.29, 1.82) is 0 Å². The van der Waals surface area contributed by atoms with E-state index in [0.717, 1.165) is 12.1 Å². The van der Waals surface area contributed by atoms with Crippen LogP contribution in [-0.4, -0.2) is 46.8 Å². The number of phenols is 1. The lowest BCUT2D eigenvalue weighted by Crippen LogP contribution is -2.34. The van der Waals surface area contributed by atoms with Crippen LogP contribution in [0.15, 0.2) is 24.3 Å². The first kappa shape index (κ1) is 27.1. The van der Waals surface area contributed by atoms with Crippen molar-refractivity contribution >= 4 is 72.9 Å². The third-order valence-corrected chi connectivity index (χ3v) is 6.24. The molecule has 2 aromatic rings. The lowest BCUT2D eigenvalue weighted by atomic mass is 10.1. The minimum absolute atomic E-state index is 0.00493. The molecule has 0 aliphatic rings. The summed E-state index contributed by atoms with van der Waals surface area (Å²) in [5.74, 6) is -4.13. The summed E-state index contributed by atoms with van der Waals surface area (Å²) in [6.07, 6.45) is 0. The average molecular weight is 713 g/mol. The molecule has 33 heavy (non-hydrogen) atoms. The van der Waals surface area contributed by atoms with Gasteiger partial charge in [0.25, 0.3) is 0 Å². The second-order valence-corrected chi connectivity index (χ2v) is 10.2. The molecule has 0 heterocycles. The van der Waals surface area contributed by atoms with Crippen LogP contribution in [0.5, 0.6) is 11.5 Å². The lowest BCUT2D eigenvalue weighted by Gasteiger charge is -2.14. The Morgan fingerprint density at radius 3 is 2.33 bits per heavy atom. The molecule has 0 saturated heterocycles. The van der Waals surface area contributed by atoms with Gasteiger partial charge in [-0.3, -0.25) is 14.7 Å². The monoisotopic (exact) mass is 713 g/mol. The summed E-state index contributed by atoms with van der Waals surface area (Å²) >= 11 is 3.60. The fourth-order valence-electron chi connectivity index (χ4n) is 2.32. The average Bonchev–Trinajstić information content (AvgIpc) is 2.69. The van der Waals surface area contributed by atoms with E-state index in [-0.39, 0.29) is 14.7 Å². The van der Waals surface area contributed by atoms with Crippen molar-refractivity contribution in [2.24, 2.45) is 0 Å². The van der Waals surface area contributed by atoms with Gasteiger partial charge in [0.15, 0.2) is 6.61 Å². The Morgan fingerprint density at radius 2 is 1.79 bits per heavy atom. The maximum atomic E-state index is 13.3. The van der Waals surface area contributed by atoms with Crippen molar-refractivity contribution in [3.05, 3.63) is 58.2 Å². The van der Waals surface area contributed by atoms with Gasteiger partial charge < -0.3 is 14.6 Å². The molecule has 2 rings (SSSR count). The summed E-state index contributed by atoms with van der Waals surface area (Å²) in [5.41, 5.74) is -2.39. The quantitative estimate of drug-likeness (QED) is 0.108. The third kappa shape index (κ3) is 6.03. The first-order chi connectivity index (χ1) is 15.1. The van der Waals surface area contributed by atoms with E-state index in [2.05, 4.69) is 4.74 Å². The van der Waals surface area contributed by atoms with E-state index >= 15 is 0 Å². The number of ether oxygens (including phenoxy) is 2. The molecule has 0 aliphatic carbocycles. The minimum atomic E-state index is -5.92. The van der Waals surface area contributed by atoms with Gasteiger partial charge in [-0.15, -0.1) is 0 Å². The maximum absolute atomic E-state index is 13.3. The molecule has 0 saturated carbocycles. The van der Waals surface area contributed by atoms with Crippen molar-refractivity contribution in [3.8, 4) is 11.5 Å².